The van der Waals surface area contributed by atoms with Crippen LogP contribution in [0.3, 0.4) is 0 Å². The van der Waals surface area contributed by atoms with Crippen LogP contribution in [0, 0.1) is 5.41 Å². The van der Waals surface area contributed by atoms with E-state index in [1.54, 1.807) is 0 Å². The molecule has 0 aromatic carbocycles. The molecule has 1 aromatic heterocycles. The van der Waals surface area contributed by atoms with Gasteiger partial charge in [0.1, 0.15) is 4.90 Å². The van der Waals surface area contributed by atoms with Gasteiger partial charge in [0.2, 0.25) is 5.95 Å². The van der Waals surface area contributed by atoms with E-state index in [0.717, 1.165) is 58.3 Å². The fourth-order valence-electron chi connectivity index (χ4n) is 4.12. The van der Waals surface area contributed by atoms with Crippen molar-refractivity contribution in [1.82, 2.24) is 15.3 Å². The highest BCUT2D eigenvalue weighted by atomic mass is 35.5. The van der Waals surface area contributed by atoms with Crippen molar-refractivity contribution in [2.45, 2.75) is 56.8 Å². The fourth-order valence-corrected chi connectivity index (χ4v) is 4.96. The van der Waals surface area contributed by atoms with Gasteiger partial charge in [-0.3, -0.25) is 0 Å². The first kappa shape index (κ1) is 21.4. The minimum atomic E-state index is -3.33. The Morgan fingerprint density at radius 1 is 1.35 bits per heavy atom. The molecule has 2 aliphatic heterocycles. The third-order valence-electron chi connectivity index (χ3n) is 6.07. The maximum absolute atomic E-state index is 12.2. The summed E-state index contributed by atoms with van der Waals surface area (Å²) in [6.45, 7) is 8.18. The minimum Gasteiger partial charge on any atom is -0.340 e. The molecule has 0 aliphatic carbocycles. The molecule has 0 spiro atoms. The normalized spacial score (nSPS) is 22.9. The summed E-state index contributed by atoms with van der Waals surface area (Å²) in [5.41, 5.74) is 1.04. The number of aromatic nitrogens is 2. The maximum atomic E-state index is 12.2. The Bertz CT molecular complexity index is 716. The SMILES string of the molecule is CCC1(CC)CCN(c2ncc(S(C)(=O)=O)c(C3CCCNC3)n2)C1.Cl. The van der Waals surface area contributed by atoms with Crippen molar-refractivity contribution < 1.29 is 8.42 Å². The lowest BCUT2D eigenvalue weighted by atomic mass is 9.82. The van der Waals surface area contributed by atoms with E-state index in [1.807, 2.05) is 0 Å². The summed E-state index contributed by atoms with van der Waals surface area (Å²) in [4.78, 5) is 11.7. The molecular formula is C18H31ClN4O2S. The number of anilines is 1. The molecule has 6 nitrogen and oxygen atoms in total. The van der Waals surface area contributed by atoms with E-state index in [0.29, 0.717) is 22.0 Å². The highest BCUT2D eigenvalue weighted by Crippen LogP contribution is 2.38. The largest absolute Gasteiger partial charge is 0.340 e. The van der Waals surface area contributed by atoms with E-state index in [2.05, 4.69) is 29.0 Å². The Labute approximate surface area is 163 Å². The Kier molecular flexibility index (Phi) is 6.91. The molecule has 26 heavy (non-hydrogen) atoms. The minimum absolute atomic E-state index is 0. The molecule has 1 atom stereocenters. The van der Waals surface area contributed by atoms with Crippen molar-refractivity contribution in [2.75, 3.05) is 37.3 Å². The van der Waals surface area contributed by atoms with E-state index in [-0.39, 0.29) is 18.3 Å². The van der Waals surface area contributed by atoms with Crippen LogP contribution in [-0.2, 0) is 9.84 Å². The van der Waals surface area contributed by atoms with Gasteiger partial charge in [0.15, 0.2) is 9.84 Å². The van der Waals surface area contributed by atoms with Gasteiger partial charge in [-0.25, -0.2) is 18.4 Å². The smallest absolute Gasteiger partial charge is 0.225 e. The molecular weight excluding hydrogens is 372 g/mol. The van der Waals surface area contributed by atoms with Crippen molar-refractivity contribution in [3.05, 3.63) is 11.9 Å². The molecule has 3 heterocycles. The first-order valence-corrected chi connectivity index (χ1v) is 11.3. The summed E-state index contributed by atoms with van der Waals surface area (Å²) in [5.74, 6) is 0.835. The molecule has 0 bridgehead atoms. The van der Waals surface area contributed by atoms with Gasteiger partial charge in [0.25, 0.3) is 0 Å². The van der Waals surface area contributed by atoms with E-state index in [1.165, 1.54) is 12.5 Å². The number of sulfone groups is 1. The van der Waals surface area contributed by atoms with E-state index in [9.17, 15) is 8.42 Å². The second kappa shape index (κ2) is 8.40. The summed E-state index contributed by atoms with van der Waals surface area (Å²) in [5, 5.41) is 3.36. The van der Waals surface area contributed by atoms with Crippen molar-refractivity contribution in [1.29, 1.82) is 0 Å². The molecule has 2 saturated heterocycles. The summed E-state index contributed by atoms with van der Waals surface area (Å²) in [7, 11) is -3.33. The fraction of sp³-hybridized carbons (Fsp3) is 0.778. The van der Waals surface area contributed by atoms with Gasteiger partial charge in [-0.1, -0.05) is 13.8 Å². The van der Waals surface area contributed by atoms with Crippen LogP contribution in [0.5, 0.6) is 0 Å². The van der Waals surface area contributed by atoms with E-state index < -0.39 is 9.84 Å². The zero-order chi connectivity index (χ0) is 18.1. The lowest BCUT2D eigenvalue weighted by molar-refractivity contribution is 0.301. The zero-order valence-electron chi connectivity index (χ0n) is 16.0. The lowest BCUT2D eigenvalue weighted by Crippen LogP contribution is -2.31. The molecule has 148 valence electrons. The Hall–Kier alpha value is -0.920. The lowest BCUT2D eigenvalue weighted by Gasteiger charge is -2.27. The van der Waals surface area contributed by atoms with Crippen LogP contribution in [-0.4, -0.2) is 50.8 Å². The maximum Gasteiger partial charge on any atom is 0.225 e. The number of halogens is 1. The average Bonchev–Trinajstić information content (AvgIpc) is 3.06. The topological polar surface area (TPSA) is 75.2 Å². The number of nitrogens with zero attached hydrogens (tertiary/aromatic N) is 3. The summed E-state index contributed by atoms with van der Waals surface area (Å²) < 4.78 is 24.4. The van der Waals surface area contributed by atoms with Gasteiger partial charge in [0, 0.05) is 31.8 Å². The van der Waals surface area contributed by atoms with Gasteiger partial charge < -0.3 is 10.2 Å². The molecule has 3 rings (SSSR count). The zero-order valence-corrected chi connectivity index (χ0v) is 17.6. The molecule has 0 radical (unpaired) electrons. The number of piperidine rings is 1. The molecule has 1 aromatic rings. The highest BCUT2D eigenvalue weighted by Gasteiger charge is 2.36. The second-order valence-electron chi connectivity index (χ2n) is 7.61. The van der Waals surface area contributed by atoms with Crippen LogP contribution in [0.1, 0.15) is 57.6 Å². The molecule has 2 aliphatic rings. The Balaban J connectivity index is 0.00000243. The van der Waals surface area contributed by atoms with Crippen molar-refractivity contribution >= 4 is 28.2 Å². The third kappa shape index (κ3) is 4.31. The Morgan fingerprint density at radius 2 is 2.08 bits per heavy atom. The first-order valence-electron chi connectivity index (χ1n) is 9.41. The van der Waals surface area contributed by atoms with Crippen LogP contribution in [0.15, 0.2) is 11.1 Å². The monoisotopic (exact) mass is 402 g/mol. The van der Waals surface area contributed by atoms with E-state index in [4.69, 9.17) is 4.98 Å². The van der Waals surface area contributed by atoms with Crippen LogP contribution in [0.2, 0.25) is 0 Å². The molecule has 2 fully saturated rings. The molecule has 0 amide bonds. The second-order valence-corrected chi connectivity index (χ2v) is 9.60. The number of rotatable bonds is 5. The number of hydrogen-bond acceptors (Lipinski definition) is 6. The molecule has 1 unspecified atom stereocenters. The van der Waals surface area contributed by atoms with Gasteiger partial charge in [-0.2, -0.15) is 0 Å². The van der Waals surface area contributed by atoms with Gasteiger partial charge in [-0.15, -0.1) is 12.4 Å². The van der Waals surface area contributed by atoms with Gasteiger partial charge >= 0.3 is 0 Å². The van der Waals surface area contributed by atoms with E-state index >= 15 is 0 Å². The van der Waals surface area contributed by atoms with Crippen LogP contribution < -0.4 is 10.2 Å². The van der Waals surface area contributed by atoms with Crippen molar-refractivity contribution in [2.24, 2.45) is 5.41 Å². The molecule has 8 heteroatoms. The van der Waals surface area contributed by atoms with Crippen LogP contribution in [0.4, 0.5) is 5.95 Å². The summed E-state index contributed by atoms with van der Waals surface area (Å²) in [6, 6.07) is 0. The highest BCUT2D eigenvalue weighted by molar-refractivity contribution is 7.90. The first-order chi connectivity index (χ1) is 11.9. The molecule has 0 saturated carbocycles. The van der Waals surface area contributed by atoms with Crippen LogP contribution >= 0.6 is 12.4 Å². The predicted molar refractivity (Wildman–Crippen MR) is 107 cm³/mol. The van der Waals surface area contributed by atoms with Gasteiger partial charge in [-0.05, 0) is 44.1 Å². The van der Waals surface area contributed by atoms with Crippen LogP contribution in [0.25, 0.3) is 0 Å². The quantitative estimate of drug-likeness (QED) is 0.816. The standard InChI is InChI=1S/C18H30N4O2S.ClH/c1-4-18(5-2)8-10-22(13-18)17-20-12-15(25(3,23)24)16(21-17)14-7-6-9-19-11-14;/h12,14,19H,4-11,13H2,1-3H3;1H. The van der Waals surface area contributed by atoms with Gasteiger partial charge in [0.05, 0.1) is 11.9 Å². The summed E-state index contributed by atoms with van der Waals surface area (Å²) in [6.07, 6.45) is 8.25. The van der Waals surface area contributed by atoms with Crippen molar-refractivity contribution in [3.63, 3.8) is 0 Å². The predicted octanol–water partition coefficient (Wildman–Crippen LogP) is 2.79. The number of hydrogen-bond donors (Lipinski definition) is 1. The number of nitrogens with one attached hydrogen (secondary N) is 1. The van der Waals surface area contributed by atoms with Crippen molar-refractivity contribution in [3.8, 4) is 0 Å². The third-order valence-corrected chi connectivity index (χ3v) is 7.19. The summed E-state index contributed by atoms with van der Waals surface area (Å²) >= 11 is 0. The Morgan fingerprint density at radius 3 is 2.62 bits per heavy atom. The average molecular weight is 403 g/mol. The molecule has 1 N–H and O–H groups in total.